The predicted molar refractivity (Wildman–Crippen MR) is 77.5 cm³/mol. The summed E-state index contributed by atoms with van der Waals surface area (Å²) in [4.78, 5) is 8.42. The molecule has 0 atom stereocenters. The van der Waals surface area contributed by atoms with E-state index in [1.807, 2.05) is 0 Å². The Morgan fingerprint density at radius 3 is 2.36 bits per heavy atom. The lowest BCUT2D eigenvalue weighted by Gasteiger charge is -1.95. The van der Waals surface area contributed by atoms with Crippen molar-refractivity contribution >= 4 is 11.8 Å². The molecule has 6 nitrogen and oxygen atoms in total. The molecule has 3 rings (SSSR count). The molecule has 0 amide bonds. The second-order valence-electron chi connectivity index (χ2n) is 4.64. The van der Waals surface area contributed by atoms with Gasteiger partial charge in [-0.25, -0.2) is 4.39 Å². The number of nitrogens with zero attached hydrogens (tertiary/aromatic N) is 4. The van der Waals surface area contributed by atoms with Gasteiger partial charge in [0.25, 0.3) is 0 Å². The highest BCUT2D eigenvalue weighted by Crippen LogP contribution is 2.16. The third-order valence-electron chi connectivity index (χ3n) is 2.81. The minimum atomic E-state index is -0.259. The monoisotopic (exact) mass is 320 g/mol. The molecule has 2 aromatic heterocycles. The fraction of sp³-hybridized carbons (Fsp3) is 0.286. The van der Waals surface area contributed by atoms with Crippen LogP contribution < -0.4 is 0 Å². The zero-order chi connectivity index (χ0) is 15.4. The van der Waals surface area contributed by atoms with Crippen molar-refractivity contribution in [3.05, 3.63) is 59.1 Å². The van der Waals surface area contributed by atoms with Gasteiger partial charge in [-0.2, -0.15) is 9.97 Å². The lowest BCUT2D eigenvalue weighted by Crippen LogP contribution is -1.91. The van der Waals surface area contributed by atoms with Gasteiger partial charge in [0.2, 0.25) is 11.8 Å². The van der Waals surface area contributed by atoms with Crippen molar-refractivity contribution in [2.24, 2.45) is 0 Å². The molecule has 0 fully saturated rings. The maximum Gasteiger partial charge on any atom is 0.236 e. The zero-order valence-electron chi connectivity index (χ0n) is 11.8. The van der Waals surface area contributed by atoms with Gasteiger partial charge in [0, 0.05) is 6.42 Å². The summed E-state index contributed by atoms with van der Waals surface area (Å²) in [7, 11) is 0. The van der Waals surface area contributed by atoms with Crippen LogP contribution in [0.2, 0.25) is 0 Å². The van der Waals surface area contributed by atoms with Gasteiger partial charge in [-0.3, -0.25) is 0 Å². The molecule has 0 aliphatic carbocycles. The van der Waals surface area contributed by atoms with Crippen LogP contribution in [0, 0.1) is 12.7 Å². The number of rotatable bonds is 6. The Labute approximate surface area is 130 Å². The third kappa shape index (κ3) is 3.91. The molecule has 0 aliphatic heterocycles. The Bertz CT molecular complexity index is 741. The fourth-order valence-corrected chi connectivity index (χ4v) is 2.52. The molecular weight excluding hydrogens is 307 g/mol. The van der Waals surface area contributed by atoms with E-state index in [0.717, 1.165) is 5.56 Å². The molecule has 22 heavy (non-hydrogen) atoms. The first kappa shape index (κ1) is 14.7. The quantitative estimate of drug-likeness (QED) is 0.691. The van der Waals surface area contributed by atoms with Crippen LogP contribution in [0.1, 0.15) is 29.0 Å². The molecule has 0 saturated carbocycles. The van der Waals surface area contributed by atoms with Gasteiger partial charge in [-0.15, -0.1) is 11.8 Å². The standard InChI is InChI=1S/C14H13FN4O2S/c1-9-16-13(20-18-9)7-22-8-14-17-12(19-21-14)6-10-2-4-11(15)5-3-10/h2-5H,6-8H2,1H3. The van der Waals surface area contributed by atoms with Crippen molar-refractivity contribution < 1.29 is 13.4 Å². The molecule has 0 aliphatic rings. The van der Waals surface area contributed by atoms with Gasteiger partial charge in [0.05, 0.1) is 11.5 Å². The molecule has 2 heterocycles. The number of hydrogen-bond donors (Lipinski definition) is 0. The molecule has 0 radical (unpaired) electrons. The summed E-state index contributed by atoms with van der Waals surface area (Å²) in [5, 5.41) is 7.64. The van der Waals surface area contributed by atoms with Gasteiger partial charge in [-0.1, -0.05) is 22.4 Å². The highest BCUT2D eigenvalue weighted by molar-refractivity contribution is 7.97. The van der Waals surface area contributed by atoms with Crippen LogP contribution in [0.5, 0.6) is 0 Å². The van der Waals surface area contributed by atoms with E-state index in [1.54, 1.807) is 30.8 Å². The minimum Gasteiger partial charge on any atom is -0.338 e. The molecule has 0 bridgehead atoms. The van der Waals surface area contributed by atoms with Crippen LogP contribution in [0.3, 0.4) is 0 Å². The van der Waals surface area contributed by atoms with E-state index in [4.69, 9.17) is 9.05 Å². The van der Waals surface area contributed by atoms with Gasteiger partial charge in [0.1, 0.15) is 5.82 Å². The van der Waals surface area contributed by atoms with Crippen LogP contribution in [-0.2, 0) is 17.9 Å². The molecule has 0 N–H and O–H groups in total. The molecule has 8 heteroatoms. The van der Waals surface area contributed by atoms with Crippen molar-refractivity contribution in [1.82, 2.24) is 20.3 Å². The Balaban J connectivity index is 1.51. The zero-order valence-corrected chi connectivity index (χ0v) is 12.6. The average Bonchev–Trinajstić information content (AvgIpc) is 3.11. The van der Waals surface area contributed by atoms with E-state index >= 15 is 0 Å². The minimum absolute atomic E-state index is 0.259. The number of benzene rings is 1. The number of thioether (sulfide) groups is 1. The first-order valence-corrected chi connectivity index (χ1v) is 7.77. The van der Waals surface area contributed by atoms with E-state index in [2.05, 4.69) is 20.3 Å². The molecule has 0 saturated heterocycles. The van der Waals surface area contributed by atoms with Crippen molar-refractivity contribution in [3.63, 3.8) is 0 Å². The SMILES string of the molecule is Cc1noc(CSCc2nc(Cc3ccc(F)cc3)no2)n1. The van der Waals surface area contributed by atoms with E-state index in [1.165, 1.54) is 12.1 Å². The average molecular weight is 320 g/mol. The van der Waals surface area contributed by atoms with Gasteiger partial charge in [0.15, 0.2) is 11.6 Å². The van der Waals surface area contributed by atoms with Gasteiger partial charge < -0.3 is 9.05 Å². The molecule has 3 aromatic rings. The Morgan fingerprint density at radius 2 is 1.68 bits per heavy atom. The molecule has 0 spiro atoms. The largest absolute Gasteiger partial charge is 0.338 e. The summed E-state index contributed by atoms with van der Waals surface area (Å²) < 4.78 is 23.0. The second kappa shape index (κ2) is 6.69. The summed E-state index contributed by atoms with van der Waals surface area (Å²) in [6, 6.07) is 6.24. The number of aryl methyl sites for hydroxylation is 1. The van der Waals surface area contributed by atoms with Crippen molar-refractivity contribution in [2.45, 2.75) is 24.9 Å². The number of hydrogen-bond acceptors (Lipinski definition) is 7. The maximum atomic E-state index is 12.8. The van der Waals surface area contributed by atoms with E-state index < -0.39 is 0 Å². The normalized spacial score (nSPS) is 11.0. The predicted octanol–water partition coefficient (Wildman–Crippen LogP) is 2.92. The van der Waals surface area contributed by atoms with Crippen LogP contribution in [-0.4, -0.2) is 20.3 Å². The number of halogens is 1. The lowest BCUT2D eigenvalue weighted by atomic mass is 10.1. The Kier molecular flexibility index (Phi) is 4.47. The maximum absolute atomic E-state index is 12.8. The Morgan fingerprint density at radius 1 is 1.00 bits per heavy atom. The Hall–Kier alpha value is -2.22. The van der Waals surface area contributed by atoms with Gasteiger partial charge in [-0.05, 0) is 24.6 Å². The van der Waals surface area contributed by atoms with Crippen molar-refractivity contribution in [3.8, 4) is 0 Å². The van der Waals surface area contributed by atoms with Gasteiger partial charge >= 0.3 is 0 Å². The second-order valence-corrected chi connectivity index (χ2v) is 5.62. The summed E-state index contributed by atoms with van der Waals surface area (Å²) >= 11 is 1.55. The highest BCUT2D eigenvalue weighted by atomic mass is 32.2. The third-order valence-corrected chi connectivity index (χ3v) is 3.71. The molecular formula is C14H13FN4O2S. The van der Waals surface area contributed by atoms with Crippen molar-refractivity contribution in [2.75, 3.05) is 0 Å². The van der Waals surface area contributed by atoms with Crippen LogP contribution >= 0.6 is 11.8 Å². The summed E-state index contributed by atoms with van der Waals surface area (Å²) in [6.45, 7) is 1.78. The van der Waals surface area contributed by atoms with Crippen LogP contribution in [0.15, 0.2) is 33.3 Å². The topological polar surface area (TPSA) is 77.8 Å². The molecule has 1 aromatic carbocycles. The summed E-state index contributed by atoms with van der Waals surface area (Å²) in [5.74, 6) is 3.22. The van der Waals surface area contributed by atoms with Crippen LogP contribution in [0.25, 0.3) is 0 Å². The first-order valence-electron chi connectivity index (χ1n) is 6.62. The smallest absolute Gasteiger partial charge is 0.236 e. The van der Waals surface area contributed by atoms with E-state index in [9.17, 15) is 4.39 Å². The van der Waals surface area contributed by atoms with Crippen molar-refractivity contribution in [1.29, 1.82) is 0 Å². The van der Waals surface area contributed by atoms with E-state index in [0.29, 0.717) is 41.4 Å². The van der Waals surface area contributed by atoms with E-state index in [-0.39, 0.29) is 5.82 Å². The number of aromatic nitrogens is 4. The fourth-order valence-electron chi connectivity index (χ4n) is 1.83. The summed E-state index contributed by atoms with van der Waals surface area (Å²) in [5.41, 5.74) is 0.933. The molecule has 0 unspecified atom stereocenters. The first-order chi connectivity index (χ1) is 10.7. The lowest BCUT2D eigenvalue weighted by molar-refractivity contribution is 0.383. The highest BCUT2D eigenvalue weighted by Gasteiger charge is 2.09. The summed E-state index contributed by atoms with van der Waals surface area (Å²) in [6.07, 6.45) is 0.511. The molecule has 114 valence electrons. The van der Waals surface area contributed by atoms with Crippen LogP contribution in [0.4, 0.5) is 4.39 Å².